The van der Waals surface area contributed by atoms with E-state index in [0.717, 1.165) is 43.3 Å². The van der Waals surface area contributed by atoms with E-state index in [1.165, 1.54) is 0 Å². The van der Waals surface area contributed by atoms with Crippen molar-refractivity contribution in [2.75, 3.05) is 0 Å². The molecule has 1 heterocycles. The first-order valence-corrected chi connectivity index (χ1v) is 9.09. The van der Waals surface area contributed by atoms with Crippen molar-refractivity contribution in [1.29, 1.82) is 0 Å². The third-order valence-electron chi connectivity index (χ3n) is 4.48. The molecule has 1 aromatic heterocycles. The van der Waals surface area contributed by atoms with E-state index in [4.69, 9.17) is 0 Å². The molecule has 0 fully saturated rings. The Balaban J connectivity index is 1.82. The number of fused-ring (bicyclic) bond motifs is 1. The summed E-state index contributed by atoms with van der Waals surface area (Å²) in [6.45, 7) is 0. The first-order valence-electron chi connectivity index (χ1n) is 8.29. The van der Waals surface area contributed by atoms with Gasteiger partial charge in [-0.1, -0.05) is 70.5 Å². The summed E-state index contributed by atoms with van der Waals surface area (Å²) < 4.78 is 0.932. The van der Waals surface area contributed by atoms with Crippen molar-refractivity contribution in [1.82, 2.24) is 4.98 Å². The number of hydrogen-bond acceptors (Lipinski definition) is 1. The van der Waals surface area contributed by atoms with E-state index >= 15 is 0 Å². The number of carboxylic acid groups (broad SMARTS) is 1. The number of hydrogen-bond donors (Lipinski definition) is 2. The maximum atomic E-state index is 11.4. The van der Waals surface area contributed by atoms with Crippen LogP contribution < -0.4 is 0 Å². The number of carbonyl (C=O) groups is 1. The highest BCUT2D eigenvalue weighted by Gasteiger charge is 2.16. The molecule has 0 saturated carbocycles. The van der Waals surface area contributed by atoms with Crippen LogP contribution in [0.5, 0.6) is 0 Å². The number of aliphatic carboxylic acids is 1. The lowest BCUT2D eigenvalue weighted by Crippen LogP contribution is -2.00. The van der Waals surface area contributed by atoms with Crippen LogP contribution >= 0.6 is 15.9 Å². The summed E-state index contributed by atoms with van der Waals surface area (Å²) in [5, 5.41) is 10.3. The molecule has 3 nitrogen and oxygen atoms in total. The molecule has 0 spiro atoms. The molecule has 0 unspecified atom stereocenters. The number of benzene rings is 3. The van der Waals surface area contributed by atoms with Crippen molar-refractivity contribution in [3.05, 3.63) is 82.8 Å². The van der Waals surface area contributed by atoms with E-state index in [1.54, 1.807) is 0 Å². The molecule has 0 aliphatic heterocycles. The van der Waals surface area contributed by atoms with Gasteiger partial charge in [-0.3, -0.25) is 4.79 Å². The van der Waals surface area contributed by atoms with Crippen molar-refractivity contribution in [2.45, 2.75) is 6.42 Å². The Kier molecular flexibility index (Phi) is 4.35. The van der Waals surface area contributed by atoms with Gasteiger partial charge in [0.25, 0.3) is 0 Å². The molecule has 4 rings (SSSR count). The summed E-state index contributed by atoms with van der Waals surface area (Å²) in [6.07, 6.45) is -0.0216. The summed E-state index contributed by atoms with van der Waals surface area (Å²) in [7, 11) is 0. The summed E-state index contributed by atoms with van der Waals surface area (Å²) in [6, 6.07) is 24.3. The predicted molar refractivity (Wildman–Crippen MR) is 108 cm³/mol. The first-order chi connectivity index (χ1) is 12.6. The number of nitrogens with one attached hydrogen (secondary N) is 1. The molecule has 0 aliphatic rings. The van der Waals surface area contributed by atoms with Crippen LogP contribution in [-0.2, 0) is 11.2 Å². The molecule has 0 amide bonds. The van der Waals surface area contributed by atoms with Crippen LogP contribution in [0.3, 0.4) is 0 Å². The lowest BCUT2D eigenvalue weighted by molar-refractivity contribution is -0.136. The Morgan fingerprint density at radius 2 is 1.54 bits per heavy atom. The average molecular weight is 406 g/mol. The summed E-state index contributed by atoms with van der Waals surface area (Å²) in [5.74, 6) is -0.840. The standard InChI is InChI=1S/C22H16BrNO2/c23-17-10-11-20-18(12-17)19(13-21(25)26)22(24-20)16-8-6-15(7-9-16)14-4-2-1-3-5-14/h1-12,24H,13H2,(H,25,26). The average Bonchev–Trinajstić information content (AvgIpc) is 3.00. The zero-order valence-corrected chi connectivity index (χ0v) is 15.5. The quantitative estimate of drug-likeness (QED) is 0.444. The smallest absolute Gasteiger partial charge is 0.307 e. The van der Waals surface area contributed by atoms with Crippen LogP contribution in [0.4, 0.5) is 0 Å². The van der Waals surface area contributed by atoms with E-state index in [-0.39, 0.29) is 6.42 Å². The number of carboxylic acids is 1. The fourth-order valence-electron chi connectivity index (χ4n) is 3.26. The lowest BCUT2D eigenvalue weighted by atomic mass is 9.99. The molecule has 3 aromatic carbocycles. The summed E-state index contributed by atoms with van der Waals surface area (Å²) in [4.78, 5) is 14.8. The second kappa shape index (κ2) is 6.81. The van der Waals surface area contributed by atoms with Gasteiger partial charge in [0, 0.05) is 15.4 Å². The second-order valence-electron chi connectivity index (χ2n) is 6.18. The fourth-order valence-corrected chi connectivity index (χ4v) is 3.62. The second-order valence-corrected chi connectivity index (χ2v) is 7.10. The van der Waals surface area contributed by atoms with Gasteiger partial charge in [-0.25, -0.2) is 0 Å². The summed E-state index contributed by atoms with van der Waals surface area (Å²) in [5.41, 5.74) is 5.87. The molecule has 2 N–H and O–H groups in total. The van der Waals surface area contributed by atoms with Gasteiger partial charge in [0.15, 0.2) is 0 Å². The van der Waals surface area contributed by atoms with Crippen LogP contribution in [0.1, 0.15) is 5.56 Å². The minimum atomic E-state index is -0.840. The van der Waals surface area contributed by atoms with E-state index in [1.807, 2.05) is 48.5 Å². The first kappa shape index (κ1) is 16.6. The SMILES string of the molecule is O=C(O)Cc1c(-c2ccc(-c3ccccc3)cc2)[nH]c2ccc(Br)cc12. The Morgan fingerprint density at radius 3 is 2.23 bits per heavy atom. The van der Waals surface area contributed by atoms with Gasteiger partial charge < -0.3 is 10.1 Å². The van der Waals surface area contributed by atoms with Crippen molar-refractivity contribution in [3.63, 3.8) is 0 Å². The molecule has 0 atom stereocenters. The highest BCUT2D eigenvalue weighted by molar-refractivity contribution is 9.10. The number of H-pyrrole nitrogens is 1. The van der Waals surface area contributed by atoms with Crippen LogP contribution in [0.25, 0.3) is 33.3 Å². The summed E-state index contributed by atoms with van der Waals surface area (Å²) >= 11 is 3.47. The molecule has 128 valence electrons. The predicted octanol–water partition coefficient (Wildman–Crippen LogP) is 5.89. The Bertz CT molecular complexity index is 1080. The fraction of sp³-hybridized carbons (Fsp3) is 0.0455. The van der Waals surface area contributed by atoms with Crippen LogP contribution in [0.15, 0.2) is 77.3 Å². The van der Waals surface area contributed by atoms with E-state index in [0.29, 0.717) is 0 Å². The number of aromatic nitrogens is 1. The van der Waals surface area contributed by atoms with Crippen LogP contribution in [-0.4, -0.2) is 16.1 Å². The number of rotatable bonds is 4. The topological polar surface area (TPSA) is 53.1 Å². The minimum absolute atomic E-state index is 0.0216. The van der Waals surface area contributed by atoms with Gasteiger partial charge in [-0.05, 0) is 40.5 Å². The molecule has 0 aliphatic carbocycles. The zero-order chi connectivity index (χ0) is 18.1. The molecule has 4 heteroatoms. The normalized spacial score (nSPS) is 11.0. The van der Waals surface area contributed by atoms with Crippen molar-refractivity contribution in [3.8, 4) is 22.4 Å². The molecule has 0 bridgehead atoms. The van der Waals surface area contributed by atoms with E-state index in [9.17, 15) is 9.90 Å². The molecule has 0 radical (unpaired) electrons. The van der Waals surface area contributed by atoms with Crippen LogP contribution in [0, 0.1) is 0 Å². The highest BCUT2D eigenvalue weighted by atomic mass is 79.9. The van der Waals surface area contributed by atoms with Gasteiger partial charge in [-0.15, -0.1) is 0 Å². The van der Waals surface area contributed by atoms with Crippen molar-refractivity contribution >= 4 is 32.8 Å². The monoisotopic (exact) mass is 405 g/mol. The van der Waals surface area contributed by atoms with E-state index < -0.39 is 5.97 Å². The van der Waals surface area contributed by atoms with Gasteiger partial charge >= 0.3 is 5.97 Å². The largest absolute Gasteiger partial charge is 0.481 e. The van der Waals surface area contributed by atoms with Crippen molar-refractivity contribution in [2.24, 2.45) is 0 Å². The molecule has 4 aromatic rings. The van der Waals surface area contributed by atoms with Crippen LogP contribution in [0.2, 0.25) is 0 Å². The zero-order valence-electron chi connectivity index (χ0n) is 13.9. The third kappa shape index (κ3) is 3.16. The Hall–Kier alpha value is -2.85. The minimum Gasteiger partial charge on any atom is -0.481 e. The number of halogens is 1. The number of aromatic amines is 1. The Morgan fingerprint density at radius 1 is 0.885 bits per heavy atom. The molecular formula is C22H16BrNO2. The molecule has 26 heavy (non-hydrogen) atoms. The van der Waals surface area contributed by atoms with Gasteiger partial charge in [0.2, 0.25) is 0 Å². The van der Waals surface area contributed by atoms with Gasteiger partial charge in [0.05, 0.1) is 12.1 Å². The van der Waals surface area contributed by atoms with E-state index in [2.05, 4.69) is 45.2 Å². The Labute approximate surface area is 159 Å². The maximum absolute atomic E-state index is 11.4. The highest BCUT2D eigenvalue weighted by Crippen LogP contribution is 2.33. The molecular weight excluding hydrogens is 390 g/mol. The van der Waals surface area contributed by atoms with Crippen molar-refractivity contribution < 1.29 is 9.90 Å². The molecule has 0 saturated heterocycles. The van der Waals surface area contributed by atoms with Gasteiger partial charge in [-0.2, -0.15) is 0 Å². The van der Waals surface area contributed by atoms with Gasteiger partial charge in [0.1, 0.15) is 0 Å². The lowest BCUT2D eigenvalue weighted by Gasteiger charge is -2.06. The maximum Gasteiger partial charge on any atom is 0.307 e. The third-order valence-corrected chi connectivity index (χ3v) is 4.97.